The molecule has 0 aliphatic carbocycles. The van der Waals surface area contributed by atoms with Gasteiger partial charge in [0.1, 0.15) is 0 Å². The first-order chi connectivity index (χ1) is 16.6. The summed E-state index contributed by atoms with van der Waals surface area (Å²) >= 11 is 0. The van der Waals surface area contributed by atoms with Gasteiger partial charge in [-0.15, -0.1) is 0 Å². The van der Waals surface area contributed by atoms with E-state index in [1.54, 1.807) is 12.1 Å². The SMILES string of the molecule is O=C1c2cccc([N+](=O)[O-])c2/C(=C/c2ccccc2)CN1C(c1ccccc1)c1ccccc1. The summed E-state index contributed by atoms with van der Waals surface area (Å²) in [6.07, 6.45) is 1.94. The van der Waals surface area contributed by atoms with E-state index in [2.05, 4.69) is 0 Å². The van der Waals surface area contributed by atoms with E-state index in [9.17, 15) is 14.9 Å². The Bertz CT molecular complexity index is 1330. The van der Waals surface area contributed by atoms with Crippen LogP contribution in [0.2, 0.25) is 0 Å². The highest BCUT2D eigenvalue weighted by atomic mass is 16.6. The molecule has 4 aromatic rings. The third kappa shape index (κ3) is 3.99. The first-order valence-corrected chi connectivity index (χ1v) is 11.1. The maximum Gasteiger partial charge on any atom is 0.277 e. The van der Waals surface area contributed by atoms with E-state index in [4.69, 9.17) is 0 Å². The van der Waals surface area contributed by atoms with Gasteiger partial charge < -0.3 is 4.90 Å². The predicted molar refractivity (Wildman–Crippen MR) is 133 cm³/mol. The molecule has 0 saturated carbocycles. The standard InChI is InChI=1S/C29H22N2O3/c32-29-25-17-10-18-26(31(33)34)27(25)24(19-21-11-4-1-5-12-21)20-30(29)28(22-13-6-2-7-14-22)23-15-8-3-9-16-23/h1-19,28H,20H2/b24-19+. The Morgan fingerprint density at radius 3 is 1.88 bits per heavy atom. The second kappa shape index (κ2) is 9.16. The number of nitrogens with zero attached hydrogens (tertiary/aromatic N) is 2. The molecule has 5 rings (SSSR count). The van der Waals surface area contributed by atoms with Gasteiger partial charge in [0.15, 0.2) is 0 Å². The van der Waals surface area contributed by atoms with E-state index in [1.807, 2.05) is 102 Å². The van der Waals surface area contributed by atoms with E-state index < -0.39 is 4.92 Å². The lowest BCUT2D eigenvalue weighted by atomic mass is 9.88. The van der Waals surface area contributed by atoms with E-state index in [0.717, 1.165) is 22.3 Å². The average Bonchev–Trinajstić information content (AvgIpc) is 2.88. The van der Waals surface area contributed by atoms with Crippen molar-refractivity contribution in [3.63, 3.8) is 0 Å². The van der Waals surface area contributed by atoms with Crippen molar-refractivity contribution < 1.29 is 9.72 Å². The second-order valence-electron chi connectivity index (χ2n) is 8.19. The van der Waals surface area contributed by atoms with Crippen molar-refractivity contribution in [3.05, 3.63) is 147 Å². The minimum atomic E-state index is -0.410. The monoisotopic (exact) mass is 446 g/mol. The number of nitro groups is 1. The van der Waals surface area contributed by atoms with Crippen LogP contribution in [-0.2, 0) is 0 Å². The van der Waals surface area contributed by atoms with Crippen LogP contribution in [0.4, 0.5) is 5.69 Å². The van der Waals surface area contributed by atoms with Gasteiger partial charge in [-0.05, 0) is 34.4 Å². The lowest BCUT2D eigenvalue weighted by Gasteiger charge is -2.37. The van der Waals surface area contributed by atoms with Gasteiger partial charge in [0.2, 0.25) is 0 Å². The van der Waals surface area contributed by atoms with Crippen LogP contribution in [0.15, 0.2) is 109 Å². The summed E-state index contributed by atoms with van der Waals surface area (Å²) in [7, 11) is 0. The molecule has 166 valence electrons. The lowest BCUT2D eigenvalue weighted by molar-refractivity contribution is -0.385. The number of fused-ring (bicyclic) bond motifs is 1. The Morgan fingerprint density at radius 1 is 0.765 bits per heavy atom. The lowest BCUT2D eigenvalue weighted by Crippen LogP contribution is -2.40. The van der Waals surface area contributed by atoms with Gasteiger partial charge in [-0.25, -0.2) is 0 Å². The van der Waals surface area contributed by atoms with Crippen LogP contribution in [0.5, 0.6) is 0 Å². The number of hydrogen-bond acceptors (Lipinski definition) is 3. The topological polar surface area (TPSA) is 63.4 Å². The fourth-order valence-corrected chi connectivity index (χ4v) is 4.60. The molecule has 5 nitrogen and oxygen atoms in total. The molecule has 0 N–H and O–H groups in total. The fourth-order valence-electron chi connectivity index (χ4n) is 4.60. The molecule has 1 aliphatic heterocycles. The Labute approximate surface area is 197 Å². The van der Waals surface area contributed by atoms with Crippen molar-refractivity contribution in [2.45, 2.75) is 6.04 Å². The maximum absolute atomic E-state index is 13.9. The van der Waals surface area contributed by atoms with Crippen molar-refractivity contribution in [1.29, 1.82) is 0 Å². The molecule has 1 amide bonds. The zero-order valence-corrected chi connectivity index (χ0v) is 18.4. The molecule has 0 saturated heterocycles. The highest BCUT2D eigenvalue weighted by Gasteiger charge is 2.37. The van der Waals surface area contributed by atoms with Crippen molar-refractivity contribution >= 4 is 23.2 Å². The molecule has 1 aliphatic rings. The van der Waals surface area contributed by atoms with Gasteiger partial charge in [-0.2, -0.15) is 0 Å². The number of nitro benzene ring substituents is 1. The van der Waals surface area contributed by atoms with Crippen molar-refractivity contribution in [2.75, 3.05) is 6.54 Å². The van der Waals surface area contributed by atoms with E-state index in [0.29, 0.717) is 11.1 Å². The Balaban J connectivity index is 1.72. The van der Waals surface area contributed by atoms with Crippen LogP contribution in [0, 0.1) is 10.1 Å². The van der Waals surface area contributed by atoms with Crippen molar-refractivity contribution in [3.8, 4) is 0 Å². The second-order valence-corrected chi connectivity index (χ2v) is 8.19. The quantitative estimate of drug-likeness (QED) is 0.264. The molecule has 0 radical (unpaired) electrons. The number of rotatable bonds is 5. The number of carbonyl (C=O) groups is 1. The Hall–Kier alpha value is -4.51. The number of carbonyl (C=O) groups excluding carboxylic acids is 1. The predicted octanol–water partition coefficient (Wildman–Crippen LogP) is 6.38. The first-order valence-electron chi connectivity index (χ1n) is 11.1. The minimum absolute atomic E-state index is 0.0522. The third-order valence-electron chi connectivity index (χ3n) is 6.07. The van der Waals surface area contributed by atoms with Crippen LogP contribution in [0.1, 0.15) is 38.7 Å². The molecule has 0 atom stereocenters. The largest absolute Gasteiger partial charge is 0.323 e. The summed E-state index contributed by atoms with van der Waals surface area (Å²) in [5.41, 5.74) is 4.32. The molecule has 0 spiro atoms. The van der Waals surface area contributed by atoms with Crippen LogP contribution < -0.4 is 0 Å². The third-order valence-corrected chi connectivity index (χ3v) is 6.07. The summed E-state index contributed by atoms with van der Waals surface area (Å²) in [5, 5.41) is 11.9. The van der Waals surface area contributed by atoms with Gasteiger partial charge >= 0.3 is 0 Å². The summed E-state index contributed by atoms with van der Waals surface area (Å²) in [6.45, 7) is 0.250. The molecule has 5 heteroatoms. The molecule has 1 heterocycles. The van der Waals surface area contributed by atoms with Gasteiger partial charge in [0, 0.05) is 12.6 Å². The van der Waals surface area contributed by atoms with Gasteiger partial charge in [-0.3, -0.25) is 14.9 Å². The molecule has 0 aromatic heterocycles. The fraction of sp³-hybridized carbons (Fsp3) is 0.0690. The van der Waals surface area contributed by atoms with Crippen LogP contribution in [-0.4, -0.2) is 22.3 Å². The number of hydrogen-bond donors (Lipinski definition) is 0. The van der Waals surface area contributed by atoms with Gasteiger partial charge in [-0.1, -0.05) is 97.1 Å². The smallest absolute Gasteiger partial charge is 0.277 e. The molecular formula is C29H22N2O3. The van der Waals surface area contributed by atoms with E-state index >= 15 is 0 Å². The highest BCUT2D eigenvalue weighted by Crippen LogP contribution is 2.40. The molecular weight excluding hydrogens is 424 g/mol. The summed E-state index contributed by atoms with van der Waals surface area (Å²) in [4.78, 5) is 27.1. The van der Waals surface area contributed by atoms with Gasteiger partial charge in [0.25, 0.3) is 11.6 Å². The minimum Gasteiger partial charge on any atom is -0.323 e. The first kappa shape index (κ1) is 21.3. The molecule has 34 heavy (non-hydrogen) atoms. The summed E-state index contributed by atoms with van der Waals surface area (Å²) < 4.78 is 0. The highest BCUT2D eigenvalue weighted by molar-refractivity contribution is 6.07. The Morgan fingerprint density at radius 2 is 1.32 bits per heavy atom. The van der Waals surface area contributed by atoms with Crippen molar-refractivity contribution in [2.24, 2.45) is 0 Å². The normalized spacial score (nSPS) is 14.3. The molecule has 0 fully saturated rings. The molecule has 0 bridgehead atoms. The van der Waals surface area contributed by atoms with Crippen LogP contribution in [0.3, 0.4) is 0 Å². The van der Waals surface area contributed by atoms with Crippen molar-refractivity contribution in [1.82, 2.24) is 4.90 Å². The zero-order valence-electron chi connectivity index (χ0n) is 18.4. The summed E-state index contributed by atoms with van der Waals surface area (Å²) in [5.74, 6) is -0.221. The Kier molecular flexibility index (Phi) is 5.75. The molecule has 0 unspecified atom stereocenters. The molecule has 4 aromatic carbocycles. The van der Waals surface area contributed by atoms with Gasteiger partial charge in [0.05, 0.1) is 22.1 Å². The van der Waals surface area contributed by atoms with E-state index in [-0.39, 0.29) is 24.2 Å². The maximum atomic E-state index is 13.9. The summed E-state index contributed by atoms with van der Waals surface area (Å²) in [6, 6.07) is 33.8. The van der Waals surface area contributed by atoms with E-state index in [1.165, 1.54) is 6.07 Å². The number of amides is 1. The van der Waals surface area contributed by atoms with Crippen LogP contribution in [0.25, 0.3) is 11.6 Å². The zero-order chi connectivity index (χ0) is 23.5. The average molecular weight is 447 g/mol. The number of benzene rings is 4. The van der Waals surface area contributed by atoms with Crippen LogP contribution >= 0.6 is 0 Å².